The predicted octanol–water partition coefficient (Wildman–Crippen LogP) is 0.814. The zero-order valence-electron chi connectivity index (χ0n) is 10.0. The Hall–Kier alpha value is -0.160. The topological polar surface area (TPSA) is 80.9 Å². The summed E-state index contributed by atoms with van der Waals surface area (Å²) < 4.78 is 0. The van der Waals surface area contributed by atoms with Crippen molar-refractivity contribution in [2.75, 3.05) is 13.2 Å². The monoisotopic (exact) mass is 234 g/mol. The van der Waals surface area contributed by atoms with Gasteiger partial charge in [0.15, 0.2) is 0 Å². The highest BCUT2D eigenvalue weighted by molar-refractivity contribution is 4.72. The minimum atomic E-state index is -0.441. The molecule has 1 rings (SSSR count). The van der Waals surface area contributed by atoms with Gasteiger partial charge in [0.2, 0.25) is 0 Å². The smallest absolute Gasteiger partial charge is 0.0799 e. The molecule has 4 heteroatoms. The van der Waals surface area contributed by atoms with Gasteiger partial charge >= 0.3 is 0 Å². The first-order valence-corrected chi connectivity index (χ1v) is 6.30. The molecule has 1 aliphatic rings. The molecule has 0 aliphatic heterocycles. The van der Waals surface area contributed by atoms with Crippen molar-refractivity contribution in [1.29, 1.82) is 0 Å². The number of hydrogen-bond donors (Lipinski definition) is 4. The van der Waals surface area contributed by atoms with E-state index in [0.717, 1.165) is 51.4 Å². The molecule has 1 saturated carbocycles. The van der Waals surface area contributed by atoms with Crippen LogP contribution in [0.15, 0.2) is 0 Å². The van der Waals surface area contributed by atoms with Crippen LogP contribution < -0.4 is 0 Å². The molecule has 4 N–H and O–H groups in total. The largest absolute Gasteiger partial charge is 0.396 e. The van der Waals surface area contributed by atoms with E-state index in [1.807, 2.05) is 0 Å². The number of aliphatic hydroxyl groups excluding tert-OH is 4. The second kappa shape index (κ2) is 11.3. The van der Waals surface area contributed by atoms with Crippen molar-refractivity contribution in [3.63, 3.8) is 0 Å². The van der Waals surface area contributed by atoms with Crippen LogP contribution in [-0.4, -0.2) is 45.8 Å². The highest BCUT2D eigenvalue weighted by Crippen LogP contribution is 2.17. The molecule has 0 amide bonds. The molecule has 16 heavy (non-hydrogen) atoms. The molecule has 0 saturated heterocycles. The van der Waals surface area contributed by atoms with Gasteiger partial charge < -0.3 is 20.4 Å². The van der Waals surface area contributed by atoms with Crippen molar-refractivity contribution in [1.82, 2.24) is 0 Å². The maximum atomic E-state index is 8.93. The van der Waals surface area contributed by atoms with Crippen molar-refractivity contribution in [3.05, 3.63) is 0 Å². The molecule has 2 unspecified atom stereocenters. The summed E-state index contributed by atoms with van der Waals surface area (Å²) in [5.41, 5.74) is 0. The third kappa shape index (κ3) is 9.09. The maximum absolute atomic E-state index is 8.93. The van der Waals surface area contributed by atoms with Crippen LogP contribution in [0.2, 0.25) is 0 Å². The van der Waals surface area contributed by atoms with Crippen LogP contribution in [0.25, 0.3) is 0 Å². The standard InChI is InChI=1S/C6H12O2.C6H14O2/c7-5-3-1-2-4-6(5)8;7-5-3-1-2-4-6-8/h5-8H,1-4H2;7-8H,1-6H2. The highest BCUT2D eigenvalue weighted by Gasteiger charge is 2.19. The van der Waals surface area contributed by atoms with Gasteiger partial charge in [-0.15, -0.1) is 0 Å². The Balaban J connectivity index is 0.000000281. The minimum Gasteiger partial charge on any atom is -0.396 e. The number of rotatable bonds is 5. The highest BCUT2D eigenvalue weighted by atomic mass is 16.3. The quantitative estimate of drug-likeness (QED) is 0.531. The Morgan fingerprint density at radius 1 is 0.688 bits per heavy atom. The molecular formula is C12H26O4. The van der Waals surface area contributed by atoms with E-state index in [1.54, 1.807) is 0 Å². The van der Waals surface area contributed by atoms with Gasteiger partial charge in [0.05, 0.1) is 12.2 Å². The van der Waals surface area contributed by atoms with Gasteiger partial charge in [-0.1, -0.05) is 25.7 Å². The van der Waals surface area contributed by atoms with Gasteiger partial charge in [-0.2, -0.15) is 0 Å². The van der Waals surface area contributed by atoms with Crippen LogP contribution in [0, 0.1) is 0 Å². The van der Waals surface area contributed by atoms with E-state index in [4.69, 9.17) is 20.4 Å². The van der Waals surface area contributed by atoms with E-state index in [1.165, 1.54) is 0 Å². The van der Waals surface area contributed by atoms with E-state index >= 15 is 0 Å². The summed E-state index contributed by atoms with van der Waals surface area (Å²) >= 11 is 0. The normalized spacial score (nSPS) is 24.8. The van der Waals surface area contributed by atoms with E-state index in [2.05, 4.69) is 0 Å². The van der Waals surface area contributed by atoms with Crippen LogP contribution in [0.1, 0.15) is 51.4 Å². The summed E-state index contributed by atoms with van der Waals surface area (Å²) in [6.07, 6.45) is 6.64. The summed E-state index contributed by atoms with van der Waals surface area (Å²) in [4.78, 5) is 0. The lowest BCUT2D eigenvalue weighted by Crippen LogP contribution is -2.28. The first kappa shape index (κ1) is 15.8. The molecule has 0 radical (unpaired) electrons. The number of aliphatic hydroxyl groups is 4. The lowest BCUT2D eigenvalue weighted by molar-refractivity contribution is -0.00865. The van der Waals surface area contributed by atoms with E-state index in [9.17, 15) is 0 Å². The average molecular weight is 234 g/mol. The van der Waals surface area contributed by atoms with Crippen LogP contribution in [0.3, 0.4) is 0 Å². The van der Waals surface area contributed by atoms with Crippen molar-refractivity contribution in [2.45, 2.75) is 63.6 Å². The van der Waals surface area contributed by atoms with Gasteiger partial charge in [-0.05, 0) is 25.7 Å². The summed E-state index contributed by atoms with van der Waals surface area (Å²) in [7, 11) is 0. The Kier molecular flexibility index (Phi) is 11.2. The lowest BCUT2D eigenvalue weighted by atomic mass is 9.95. The van der Waals surface area contributed by atoms with E-state index < -0.39 is 12.2 Å². The second-order valence-electron chi connectivity index (χ2n) is 4.28. The third-order valence-electron chi connectivity index (χ3n) is 2.76. The summed E-state index contributed by atoms with van der Waals surface area (Å²) in [5, 5.41) is 34.5. The van der Waals surface area contributed by atoms with Gasteiger partial charge in [-0.3, -0.25) is 0 Å². The van der Waals surface area contributed by atoms with Crippen molar-refractivity contribution < 1.29 is 20.4 Å². The number of unbranched alkanes of at least 4 members (excludes halogenated alkanes) is 3. The number of hydrogen-bond acceptors (Lipinski definition) is 4. The Bertz CT molecular complexity index is 125. The minimum absolute atomic E-state index is 0.283. The van der Waals surface area contributed by atoms with Crippen molar-refractivity contribution in [3.8, 4) is 0 Å². The molecule has 1 fully saturated rings. The fourth-order valence-electron chi connectivity index (χ4n) is 1.67. The summed E-state index contributed by atoms with van der Waals surface area (Å²) in [6.45, 7) is 0.566. The van der Waals surface area contributed by atoms with Crippen LogP contribution in [0.5, 0.6) is 0 Å². The maximum Gasteiger partial charge on any atom is 0.0799 e. The van der Waals surface area contributed by atoms with Crippen LogP contribution in [0.4, 0.5) is 0 Å². The summed E-state index contributed by atoms with van der Waals surface area (Å²) in [5.74, 6) is 0. The van der Waals surface area contributed by atoms with E-state index in [0.29, 0.717) is 0 Å². The molecule has 1 aliphatic carbocycles. The van der Waals surface area contributed by atoms with Gasteiger partial charge in [0.1, 0.15) is 0 Å². The zero-order chi connectivity index (χ0) is 12.2. The van der Waals surface area contributed by atoms with Gasteiger partial charge in [0, 0.05) is 13.2 Å². The average Bonchev–Trinajstić information content (AvgIpc) is 2.30. The Morgan fingerprint density at radius 2 is 1.06 bits per heavy atom. The molecule has 0 spiro atoms. The molecule has 0 heterocycles. The first-order chi connectivity index (χ1) is 7.72. The molecule has 0 bridgehead atoms. The van der Waals surface area contributed by atoms with Crippen molar-refractivity contribution >= 4 is 0 Å². The molecule has 0 aromatic carbocycles. The van der Waals surface area contributed by atoms with Gasteiger partial charge in [-0.25, -0.2) is 0 Å². The molecule has 4 nitrogen and oxygen atoms in total. The molecule has 0 aromatic heterocycles. The zero-order valence-corrected chi connectivity index (χ0v) is 10.0. The lowest BCUT2D eigenvalue weighted by Gasteiger charge is -2.22. The van der Waals surface area contributed by atoms with Crippen LogP contribution >= 0.6 is 0 Å². The molecule has 2 atom stereocenters. The van der Waals surface area contributed by atoms with Gasteiger partial charge in [0.25, 0.3) is 0 Å². The molecule has 0 aromatic rings. The molecule has 98 valence electrons. The third-order valence-corrected chi connectivity index (χ3v) is 2.76. The SMILES string of the molecule is OC1CCCCC1O.OCCCCCCO. The fourth-order valence-corrected chi connectivity index (χ4v) is 1.67. The Labute approximate surface area is 97.9 Å². The van der Waals surface area contributed by atoms with E-state index in [-0.39, 0.29) is 13.2 Å². The van der Waals surface area contributed by atoms with Crippen molar-refractivity contribution in [2.24, 2.45) is 0 Å². The fraction of sp³-hybridized carbons (Fsp3) is 1.00. The predicted molar refractivity (Wildman–Crippen MR) is 63.1 cm³/mol. The first-order valence-electron chi connectivity index (χ1n) is 6.30. The Morgan fingerprint density at radius 3 is 1.31 bits per heavy atom. The second-order valence-corrected chi connectivity index (χ2v) is 4.28. The summed E-state index contributed by atoms with van der Waals surface area (Å²) in [6, 6.07) is 0. The molecular weight excluding hydrogens is 208 g/mol. The van der Waals surface area contributed by atoms with Crippen LogP contribution in [-0.2, 0) is 0 Å².